The number of rotatable bonds is 4. The van der Waals surface area contributed by atoms with E-state index in [1.165, 1.54) is 24.3 Å². The summed E-state index contributed by atoms with van der Waals surface area (Å²) in [6.07, 6.45) is 0. The Bertz CT molecular complexity index is 687. The molecule has 0 aliphatic heterocycles. The monoisotopic (exact) mass is 273 g/mol. The zero-order valence-electron chi connectivity index (χ0n) is 10.5. The minimum atomic E-state index is -0.559. The van der Waals surface area contributed by atoms with Gasteiger partial charge in [0.25, 0.3) is 0 Å². The van der Waals surface area contributed by atoms with Crippen molar-refractivity contribution in [2.75, 3.05) is 0 Å². The van der Waals surface area contributed by atoms with Crippen LogP contribution >= 0.6 is 0 Å². The molecule has 0 radical (unpaired) electrons. The van der Waals surface area contributed by atoms with E-state index >= 15 is 0 Å². The summed E-state index contributed by atoms with van der Waals surface area (Å²) in [6, 6.07) is 7.32. The number of benzene rings is 1. The van der Waals surface area contributed by atoms with E-state index in [0.717, 1.165) is 0 Å². The summed E-state index contributed by atoms with van der Waals surface area (Å²) in [5.74, 6) is -0.208. The number of nitrogen functional groups attached to an aromatic ring is 1. The second kappa shape index (κ2) is 5.31. The smallest absolute Gasteiger partial charge is 0.323 e. The largest absolute Gasteiger partial charge is 0.417 e. The van der Waals surface area contributed by atoms with E-state index in [9.17, 15) is 10.1 Å². The summed E-state index contributed by atoms with van der Waals surface area (Å²) in [5.41, 5.74) is 5.90. The molecule has 0 amide bonds. The number of hydrogen-bond acceptors (Lipinski definition) is 6. The Morgan fingerprint density at radius 2 is 2.10 bits per heavy atom. The van der Waals surface area contributed by atoms with Crippen molar-refractivity contribution in [2.45, 2.75) is 6.92 Å². The molecule has 3 N–H and O–H groups in total. The summed E-state index contributed by atoms with van der Waals surface area (Å²) >= 11 is 0. The number of nitrogens with zero attached hydrogens (tertiary/aromatic N) is 3. The van der Waals surface area contributed by atoms with Crippen molar-refractivity contribution >= 4 is 11.5 Å². The molecule has 20 heavy (non-hydrogen) atoms. The van der Waals surface area contributed by atoms with Gasteiger partial charge < -0.3 is 10.5 Å². The van der Waals surface area contributed by atoms with Crippen LogP contribution in [-0.4, -0.2) is 20.7 Å². The molecule has 0 saturated heterocycles. The number of nitro benzene ring substituents is 1. The zero-order chi connectivity index (χ0) is 14.7. The van der Waals surface area contributed by atoms with Crippen molar-refractivity contribution in [1.29, 1.82) is 5.41 Å². The molecule has 1 heterocycles. The van der Waals surface area contributed by atoms with Crippen molar-refractivity contribution < 1.29 is 9.66 Å². The van der Waals surface area contributed by atoms with Gasteiger partial charge in [0.15, 0.2) is 0 Å². The van der Waals surface area contributed by atoms with Crippen LogP contribution in [0.4, 0.5) is 5.69 Å². The number of nitrogens with one attached hydrogen (secondary N) is 1. The van der Waals surface area contributed by atoms with Crippen molar-refractivity contribution in [2.24, 2.45) is 5.73 Å². The number of aryl methyl sites for hydroxylation is 1. The minimum Gasteiger partial charge on any atom is -0.417 e. The van der Waals surface area contributed by atoms with Crippen molar-refractivity contribution in [3.8, 4) is 11.8 Å². The van der Waals surface area contributed by atoms with Gasteiger partial charge >= 0.3 is 11.7 Å². The maximum absolute atomic E-state index is 10.9. The molecule has 0 spiro atoms. The molecule has 2 rings (SSSR count). The highest BCUT2D eigenvalue weighted by Gasteiger charge is 2.16. The summed E-state index contributed by atoms with van der Waals surface area (Å²) in [4.78, 5) is 18.3. The summed E-state index contributed by atoms with van der Waals surface area (Å²) in [7, 11) is 0. The quantitative estimate of drug-likeness (QED) is 0.378. The maximum atomic E-state index is 10.9. The van der Waals surface area contributed by atoms with Crippen LogP contribution < -0.4 is 10.5 Å². The van der Waals surface area contributed by atoms with E-state index in [-0.39, 0.29) is 29.0 Å². The van der Waals surface area contributed by atoms with Gasteiger partial charge in [-0.3, -0.25) is 15.5 Å². The number of hydrogen-bond donors (Lipinski definition) is 2. The highest BCUT2D eigenvalue weighted by atomic mass is 16.6. The Labute approximate surface area is 113 Å². The maximum Gasteiger partial charge on any atom is 0.323 e. The van der Waals surface area contributed by atoms with Crippen LogP contribution in [0.25, 0.3) is 0 Å². The van der Waals surface area contributed by atoms with Gasteiger partial charge in [0.2, 0.25) is 5.75 Å². The van der Waals surface area contributed by atoms with E-state index in [1.54, 1.807) is 13.0 Å². The molecule has 0 bridgehead atoms. The van der Waals surface area contributed by atoms with Crippen LogP contribution in [0, 0.1) is 22.4 Å². The Balaban J connectivity index is 2.40. The first-order chi connectivity index (χ1) is 9.47. The van der Waals surface area contributed by atoms with Gasteiger partial charge in [-0.1, -0.05) is 12.1 Å². The first-order valence-electron chi connectivity index (χ1n) is 5.58. The topological polar surface area (TPSA) is 128 Å². The highest BCUT2D eigenvalue weighted by Crippen LogP contribution is 2.29. The van der Waals surface area contributed by atoms with E-state index in [0.29, 0.717) is 5.69 Å². The third-order valence-electron chi connectivity index (χ3n) is 2.37. The van der Waals surface area contributed by atoms with Crippen LogP contribution in [0.3, 0.4) is 0 Å². The lowest BCUT2D eigenvalue weighted by Crippen LogP contribution is -2.14. The molecule has 102 valence electrons. The fourth-order valence-corrected chi connectivity index (χ4v) is 1.52. The third-order valence-corrected chi connectivity index (χ3v) is 2.37. The van der Waals surface area contributed by atoms with Gasteiger partial charge in [-0.2, -0.15) is 4.98 Å². The van der Waals surface area contributed by atoms with Gasteiger partial charge in [0.1, 0.15) is 11.5 Å². The molecule has 0 atom stereocenters. The Morgan fingerprint density at radius 3 is 2.75 bits per heavy atom. The second-order valence-electron chi connectivity index (χ2n) is 3.92. The zero-order valence-corrected chi connectivity index (χ0v) is 10.5. The Kier molecular flexibility index (Phi) is 3.56. The molecule has 0 unspecified atom stereocenters. The van der Waals surface area contributed by atoms with Crippen LogP contribution in [0.2, 0.25) is 0 Å². The predicted octanol–water partition coefficient (Wildman–Crippen LogP) is 1.77. The van der Waals surface area contributed by atoms with Gasteiger partial charge in [-0.05, 0) is 19.1 Å². The second-order valence-corrected chi connectivity index (χ2v) is 3.92. The lowest BCUT2D eigenvalue weighted by molar-refractivity contribution is -0.385. The normalized spacial score (nSPS) is 10.1. The third kappa shape index (κ3) is 2.86. The number of amidine groups is 1. The molecular weight excluding hydrogens is 262 g/mol. The van der Waals surface area contributed by atoms with Crippen LogP contribution in [0.5, 0.6) is 11.8 Å². The first kappa shape index (κ1) is 13.4. The number of para-hydroxylation sites is 2. The predicted molar refractivity (Wildman–Crippen MR) is 71.0 cm³/mol. The van der Waals surface area contributed by atoms with Gasteiger partial charge in [0.05, 0.1) is 4.92 Å². The molecular formula is C12H11N5O3. The molecule has 8 nitrogen and oxygen atoms in total. The fraction of sp³-hybridized carbons (Fsp3) is 0.0833. The van der Waals surface area contributed by atoms with Gasteiger partial charge in [-0.15, -0.1) is 0 Å². The van der Waals surface area contributed by atoms with Crippen molar-refractivity contribution in [3.05, 3.63) is 51.8 Å². The average Bonchev–Trinajstić information content (AvgIpc) is 2.38. The number of nitro groups is 1. The summed E-state index contributed by atoms with van der Waals surface area (Å²) < 4.78 is 5.33. The molecule has 1 aromatic heterocycles. The van der Waals surface area contributed by atoms with E-state index < -0.39 is 4.92 Å². The summed E-state index contributed by atoms with van der Waals surface area (Å²) in [6.45, 7) is 1.68. The SMILES string of the molecule is Cc1cc(C(=N)N)nc(Oc2ccccc2[N+](=O)[O-])n1. The van der Waals surface area contributed by atoms with Crippen molar-refractivity contribution in [1.82, 2.24) is 9.97 Å². The molecule has 0 aliphatic carbocycles. The molecule has 0 fully saturated rings. The lowest BCUT2D eigenvalue weighted by Gasteiger charge is -2.06. The Hall–Kier alpha value is -3.03. The molecule has 2 aromatic rings. The first-order valence-corrected chi connectivity index (χ1v) is 5.58. The molecule has 8 heteroatoms. The Morgan fingerprint density at radius 1 is 1.40 bits per heavy atom. The number of aromatic nitrogens is 2. The molecule has 0 aliphatic rings. The lowest BCUT2D eigenvalue weighted by atomic mass is 10.3. The van der Waals surface area contributed by atoms with Gasteiger partial charge in [-0.25, -0.2) is 4.98 Å². The van der Waals surface area contributed by atoms with Gasteiger partial charge in [0, 0.05) is 11.8 Å². The number of nitrogens with two attached hydrogens (primary N) is 1. The standard InChI is InChI=1S/C12H11N5O3/c1-7-6-8(11(13)14)16-12(15-7)20-10-5-3-2-4-9(10)17(18)19/h2-6H,1H3,(H3,13,14). The highest BCUT2D eigenvalue weighted by molar-refractivity contribution is 5.93. The van der Waals surface area contributed by atoms with Crippen LogP contribution in [0.15, 0.2) is 30.3 Å². The van der Waals surface area contributed by atoms with Crippen LogP contribution in [0.1, 0.15) is 11.4 Å². The van der Waals surface area contributed by atoms with E-state index in [4.69, 9.17) is 15.9 Å². The molecule has 1 aromatic carbocycles. The fourth-order valence-electron chi connectivity index (χ4n) is 1.52. The van der Waals surface area contributed by atoms with Crippen molar-refractivity contribution in [3.63, 3.8) is 0 Å². The van der Waals surface area contributed by atoms with E-state index in [1.807, 2.05) is 0 Å². The van der Waals surface area contributed by atoms with E-state index in [2.05, 4.69) is 9.97 Å². The summed E-state index contributed by atoms with van der Waals surface area (Å²) in [5, 5.41) is 18.2. The van der Waals surface area contributed by atoms with Crippen LogP contribution in [-0.2, 0) is 0 Å². The number of ether oxygens (including phenoxy) is 1. The average molecular weight is 273 g/mol. The minimum absolute atomic E-state index is 0.0256. The molecule has 0 saturated carbocycles.